The zero-order valence-electron chi connectivity index (χ0n) is 10.2. The highest BCUT2D eigenvalue weighted by molar-refractivity contribution is 14.1. The summed E-state index contributed by atoms with van der Waals surface area (Å²) in [6, 6.07) is 16.4. The van der Waals surface area contributed by atoms with Crippen LogP contribution in [-0.4, -0.2) is 17.6 Å². The van der Waals surface area contributed by atoms with Crippen LogP contribution in [0.2, 0.25) is 0 Å². The molecule has 0 aliphatic rings. The first-order chi connectivity index (χ1) is 9.20. The van der Waals surface area contributed by atoms with Gasteiger partial charge in [-0.3, -0.25) is 4.79 Å². The van der Waals surface area contributed by atoms with Crippen LogP contribution in [-0.2, 0) is 0 Å². The molecule has 4 heteroatoms. The smallest absolute Gasteiger partial charge is 0.251 e. The number of aliphatic hydroxyl groups is 1. The minimum atomic E-state index is -0.383. The summed E-state index contributed by atoms with van der Waals surface area (Å²) in [4.78, 5) is 12.1. The zero-order chi connectivity index (χ0) is 13.7. The van der Waals surface area contributed by atoms with Crippen molar-refractivity contribution in [3.05, 3.63) is 69.3 Å². The minimum Gasteiger partial charge on any atom is -0.394 e. The summed E-state index contributed by atoms with van der Waals surface area (Å²) < 4.78 is 1.01. The molecular formula is C15H14INO2. The molecule has 0 fully saturated rings. The highest BCUT2D eigenvalue weighted by Gasteiger charge is 2.14. The van der Waals surface area contributed by atoms with Crippen LogP contribution in [0.3, 0.4) is 0 Å². The number of carbonyl (C=O) groups excluding carboxylic acids is 1. The van der Waals surface area contributed by atoms with E-state index in [4.69, 9.17) is 0 Å². The molecule has 2 aromatic rings. The molecule has 0 aliphatic carbocycles. The minimum absolute atomic E-state index is 0.125. The average Bonchev–Trinajstić information content (AvgIpc) is 2.45. The predicted molar refractivity (Wildman–Crippen MR) is 82.9 cm³/mol. The molecule has 0 spiro atoms. The summed E-state index contributed by atoms with van der Waals surface area (Å²) >= 11 is 2.16. The standard InChI is InChI=1S/C15H14INO2/c16-13-8-4-7-12(9-13)15(19)17-14(10-18)11-5-2-1-3-6-11/h1-9,14,18H,10H2,(H,17,19)/t14-/m0/s1. The summed E-state index contributed by atoms with van der Waals surface area (Å²) in [7, 11) is 0. The summed E-state index contributed by atoms with van der Waals surface area (Å²) in [5.41, 5.74) is 1.49. The second kappa shape index (κ2) is 6.68. The molecule has 98 valence electrons. The van der Waals surface area contributed by atoms with E-state index in [-0.39, 0.29) is 18.6 Å². The van der Waals surface area contributed by atoms with Gasteiger partial charge >= 0.3 is 0 Å². The van der Waals surface area contributed by atoms with E-state index in [1.54, 1.807) is 6.07 Å². The van der Waals surface area contributed by atoms with Gasteiger partial charge in [0.1, 0.15) is 0 Å². The molecule has 0 unspecified atom stereocenters. The van der Waals surface area contributed by atoms with Crippen LogP contribution in [0.4, 0.5) is 0 Å². The molecule has 0 saturated carbocycles. The monoisotopic (exact) mass is 367 g/mol. The lowest BCUT2D eigenvalue weighted by molar-refractivity contribution is 0.0916. The molecule has 0 radical (unpaired) electrons. The molecule has 0 saturated heterocycles. The highest BCUT2D eigenvalue weighted by Crippen LogP contribution is 2.14. The van der Waals surface area contributed by atoms with Gasteiger partial charge in [0.2, 0.25) is 0 Å². The van der Waals surface area contributed by atoms with Crippen molar-refractivity contribution in [1.82, 2.24) is 5.32 Å². The van der Waals surface area contributed by atoms with Crippen LogP contribution in [0.1, 0.15) is 22.0 Å². The Morgan fingerprint density at radius 2 is 1.89 bits per heavy atom. The molecule has 3 nitrogen and oxygen atoms in total. The fraction of sp³-hybridized carbons (Fsp3) is 0.133. The summed E-state index contributed by atoms with van der Waals surface area (Å²) in [5.74, 6) is -0.179. The number of halogens is 1. The Morgan fingerprint density at radius 1 is 1.16 bits per heavy atom. The van der Waals surface area contributed by atoms with Crippen LogP contribution in [0.25, 0.3) is 0 Å². The number of amides is 1. The maximum atomic E-state index is 12.1. The molecule has 19 heavy (non-hydrogen) atoms. The molecular weight excluding hydrogens is 353 g/mol. The third kappa shape index (κ3) is 3.78. The van der Waals surface area contributed by atoms with Gasteiger partial charge in [-0.15, -0.1) is 0 Å². The van der Waals surface area contributed by atoms with Crippen molar-refractivity contribution in [2.75, 3.05) is 6.61 Å². The third-order valence-corrected chi connectivity index (χ3v) is 3.45. The molecule has 0 aromatic heterocycles. The quantitative estimate of drug-likeness (QED) is 0.817. The van der Waals surface area contributed by atoms with E-state index in [1.807, 2.05) is 48.5 Å². The van der Waals surface area contributed by atoms with Gasteiger partial charge in [-0.1, -0.05) is 36.4 Å². The van der Waals surface area contributed by atoms with Gasteiger partial charge in [0.25, 0.3) is 5.91 Å². The summed E-state index contributed by atoms with van der Waals surface area (Å²) in [6.45, 7) is -0.125. The second-order valence-electron chi connectivity index (χ2n) is 4.13. The van der Waals surface area contributed by atoms with Gasteiger partial charge in [0, 0.05) is 9.13 Å². The van der Waals surface area contributed by atoms with Gasteiger partial charge in [-0.2, -0.15) is 0 Å². The topological polar surface area (TPSA) is 49.3 Å². The van der Waals surface area contributed by atoms with E-state index in [0.29, 0.717) is 5.56 Å². The first-order valence-corrected chi connectivity index (χ1v) is 7.01. The Balaban J connectivity index is 2.13. The fourth-order valence-electron chi connectivity index (χ4n) is 1.79. The number of aliphatic hydroxyl groups excluding tert-OH is 1. The Morgan fingerprint density at radius 3 is 2.53 bits per heavy atom. The summed E-state index contributed by atoms with van der Waals surface area (Å²) in [6.07, 6.45) is 0. The van der Waals surface area contributed by atoms with Crippen molar-refractivity contribution in [2.24, 2.45) is 0 Å². The van der Waals surface area contributed by atoms with Crippen LogP contribution >= 0.6 is 22.6 Å². The Hall–Kier alpha value is -1.40. The number of carbonyl (C=O) groups is 1. The molecule has 2 rings (SSSR count). The Kier molecular flexibility index (Phi) is 4.93. The maximum Gasteiger partial charge on any atom is 0.251 e. The molecule has 1 atom stereocenters. The highest BCUT2D eigenvalue weighted by atomic mass is 127. The third-order valence-electron chi connectivity index (χ3n) is 2.78. The molecule has 2 N–H and O–H groups in total. The molecule has 0 bridgehead atoms. The van der Waals surface area contributed by atoms with Crippen molar-refractivity contribution >= 4 is 28.5 Å². The van der Waals surface area contributed by atoms with Gasteiger partial charge in [0.15, 0.2) is 0 Å². The van der Waals surface area contributed by atoms with E-state index < -0.39 is 0 Å². The molecule has 2 aromatic carbocycles. The molecule has 0 aliphatic heterocycles. The predicted octanol–water partition coefficient (Wildman–Crippen LogP) is 2.75. The number of rotatable bonds is 4. The van der Waals surface area contributed by atoms with Crippen molar-refractivity contribution in [3.8, 4) is 0 Å². The largest absolute Gasteiger partial charge is 0.394 e. The maximum absolute atomic E-state index is 12.1. The average molecular weight is 367 g/mol. The first kappa shape index (κ1) is 14.0. The number of nitrogens with one attached hydrogen (secondary N) is 1. The molecule has 1 amide bonds. The van der Waals surface area contributed by atoms with Gasteiger partial charge < -0.3 is 10.4 Å². The van der Waals surface area contributed by atoms with Gasteiger partial charge in [-0.05, 0) is 46.4 Å². The SMILES string of the molecule is O=C(N[C@@H](CO)c1ccccc1)c1cccc(I)c1. The van der Waals surface area contributed by atoms with E-state index in [9.17, 15) is 9.90 Å². The number of hydrogen-bond acceptors (Lipinski definition) is 2. The van der Waals surface area contributed by atoms with Crippen molar-refractivity contribution < 1.29 is 9.90 Å². The van der Waals surface area contributed by atoms with Crippen LogP contribution in [0, 0.1) is 3.57 Å². The van der Waals surface area contributed by atoms with Crippen molar-refractivity contribution in [1.29, 1.82) is 0 Å². The lowest BCUT2D eigenvalue weighted by Gasteiger charge is -2.16. The van der Waals surface area contributed by atoms with E-state index in [1.165, 1.54) is 0 Å². The number of benzene rings is 2. The lowest BCUT2D eigenvalue weighted by Crippen LogP contribution is -2.30. The normalized spacial score (nSPS) is 11.9. The van der Waals surface area contributed by atoms with Gasteiger partial charge in [0.05, 0.1) is 12.6 Å². The lowest BCUT2D eigenvalue weighted by atomic mass is 10.1. The van der Waals surface area contributed by atoms with Crippen LogP contribution < -0.4 is 5.32 Å². The van der Waals surface area contributed by atoms with E-state index in [2.05, 4.69) is 27.9 Å². The number of hydrogen-bond donors (Lipinski definition) is 2. The van der Waals surface area contributed by atoms with Crippen molar-refractivity contribution in [3.63, 3.8) is 0 Å². The van der Waals surface area contributed by atoms with E-state index in [0.717, 1.165) is 9.13 Å². The van der Waals surface area contributed by atoms with Crippen LogP contribution in [0.5, 0.6) is 0 Å². The van der Waals surface area contributed by atoms with E-state index >= 15 is 0 Å². The molecule has 0 heterocycles. The van der Waals surface area contributed by atoms with Crippen molar-refractivity contribution in [2.45, 2.75) is 6.04 Å². The second-order valence-corrected chi connectivity index (χ2v) is 5.38. The Labute approximate surface area is 125 Å². The summed E-state index contributed by atoms with van der Waals surface area (Å²) in [5, 5.41) is 12.2. The van der Waals surface area contributed by atoms with Gasteiger partial charge in [-0.25, -0.2) is 0 Å². The Bertz CT molecular complexity index is 557. The zero-order valence-corrected chi connectivity index (χ0v) is 12.4. The van der Waals surface area contributed by atoms with Crippen LogP contribution in [0.15, 0.2) is 54.6 Å². The first-order valence-electron chi connectivity index (χ1n) is 5.93. The fourth-order valence-corrected chi connectivity index (χ4v) is 2.33.